The number of nitrogens with zero attached hydrogens (tertiary/aromatic N) is 2. The Bertz CT molecular complexity index is 1700. The lowest BCUT2D eigenvalue weighted by Gasteiger charge is -2.57. The minimum absolute atomic E-state index is 0.0853. The molecule has 1 unspecified atom stereocenters. The van der Waals surface area contributed by atoms with Gasteiger partial charge in [-0.15, -0.1) is 0 Å². The van der Waals surface area contributed by atoms with Crippen LogP contribution in [0.25, 0.3) is 0 Å². The molecule has 5 fully saturated rings. The Balaban J connectivity index is 1.18. The molecule has 0 aromatic heterocycles. The van der Waals surface area contributed by atoms with Gasteiger partial charge < -0.3 is 10.2 Å². The van der Waals surface area contributed by atoms with Crippen LogP contribution in [0.3, 0.4) is 0 Å². The minimum atomic E-state index is -3.82. The molecule has 0 heterocycles. The van der Waals surface area contributed by atoms with Crippen LogP contribution in [0, 0.1) is 24.7 Å². The lowest BCUT2D eigenvalue weighted by molar-refractivity contribution is -0.140. The number of hydrogen-bond acceptors (Lipinski definition) is 4. The van der Waals surface area contributed by atoms with Crippen molar-refractivity contribution in [1.82, 2.24) is 10.2 Å². The zero-order chi connectivity index (χ0) is 34.2. The van der Waals surface area contributed by atoms with E-state index in [1.165, 1.54) is 48.4 Å². The summed E-state index contributed by atoms with van der Waals surface area (Å²) in [5.74, 6) is 1.83. The number of aryl methyl sites for hydroxylation is 1. The van der Waals surface area contributed by atoms with E-state index in [0.29, 0.717) is 12.1 Å². The molecule has 5 aliphatic rings. The number of carbonyl (C=O) groups is 2. The van der Waals surface area contributed by atoms with Gasteiger partial charge in [-0.1, -0.05) is 85.1 Å². The average molecular weight is 682 g/mol. The average Bonchev–Trinajstić information content (AvgIpc) is 3.58. The summed E-state index contributed by atoms with van der Waals surface area (Å²) in [6.45, 7) is 1.82. The third-order valence-electron chi connectivity index (χ3n) is 11.9. The molecule has 49 heavy (non-hydrogen) atoms. The molecule has 3 aromatic rings. The molecule has 5 aliphatic carbocycles. The zero-order valence-corrected chi connectivity index (χ0v) is 29.8. The number of benzene rings is 3. The summed E-state index contributed by atoms with van der Waals surface area (Å²) in [6, 6.07) is 25.0. The molecular formula is C41H51N3O4S. The first-order valence-corrected chi connectivity index (χ1v) is 20.2. The molecule has 8 rings (SSSR count). The van der Waals surface area contributed by atoms with Gasteiger partial charge in [0.1, 0.15) is 12.6 Å². The van der Waals surface area contributed by atoms with E-state index in [1.807, 2.05) is 73.7 Å². The van der Waals surface area contributed by atoms with Gasteiger partial charge >= 0.3 is 0 Å². The summed E-state index contributed by atoms with van der Waals surface area (Å²) >= 11 is 0. The maximum Gasteiger partial charge on any atom is 0.244 e. The lowest BCUT2D eigenvalue weighted by atomic mass is 9.48. The van der Waals surface area contributed by atoms with Gasteiger partial charge in [0, 0.05) is 19.0 Å². The van der Waals surface area contributed by atoms with Crippen molar-refractivity contribution in [1.29, 1.82) is 0 Å². The molecule has 260 valence electrons. The zero-order valence-electron chi connectivity index (χ0n) is 29.0. The van der Waals surface area contributed by atoms with Gasteiger partial charge in [-0.05, 0) is 110 Å². The second-order valence-corrected chi connectivity index (χ2v) is 17.6. The largest absolute Gasteiger partial charge is 0.352 e. The fourth-order valence-corrected chi connectivity index (χ4v) is 10.7. The van der Waals surface area contributed by atoms with Crippen molar-refractivity contribution in [3.8, 4) is 0 Å². The second kappa shape index (κ2) is 13.9. The SMILES string of the molecule is Cc1ccc(CN(C(=O)CN(c2ccc(C34CC5CC(CC(C5)C3)C4)cc2)S(C)(=O)=O)C(Cc2ccccc2)C(=O)NC2CCCC2)cc1. The molecule has 0 aliphatic heterocycles. The molecule has 4 bridgehead atoms. The van der Waals surface area contributed by atoms with E-state index in [-0.39, 0.29) is 30.5 Å². The number of rotatable bonds is 12. The smallest absolute Gasteiger partial charge is 0.244 e. The summed E-state index contributed by atoms with van der Waals surface area (Å²) < 4.78 is 28.0. The van der Waals surface area contributed by atoms with E-state index in [2.05, 4.69) is 17.4 Å². The molecule has 0 spiro atoms. The third kappa shape index (κ3) is 7.59. The van der Waals surface area contributed by atoms with Crippen molar-refractivity contribution in [2.75, 3.05) is 17.1 Å². The van der Waals surface area contributed by atoms with Gasteiger partial charge in [0.05, 0.1) is 11.9 Å². The number of amides is 2. The van der Waals surface area contributed by atoms with Crippen molar-refractivity contribution in [3.63, 3.8) is 0 Å². The molecular weight excluding hydrogens is 631 g/mol. The van der Waals surface area contributed by atoms with Crippen molar-refractivity contribution < 1.29 is 18.0 Å². The molecule has 5 saturated carbocycles. The lowest BCUT2D eigenvalue weighted by Crippen LogP contribution is -2.54. The van der Waals surface area contributed by atoms with Crippen LogP contribution >= 0.6 is 0 Å². The number of anilines is 1. The number of nitrogens with one attached hydrogen (secondary N) is 1. The Labute approximate surface area is 292 Å². The van der Waals surface area contributed by atoms with Crippen LogP contribution in [-0.4, -0.2) is 50.0 Å². The van der Waals surface area contributed by atoms with Gasteiger partial charge in [-0.2, -0.15) is 0 Å². The third-order valence-corrected chi connectivity index (χ3v) is 13.1. The molecule has 0 radical (unpaired) electrons. The molecule has 1 atom stereocenters. The Kier molecular flexibility index (Phi) is 9.62. The summed E-state index contributed by atoms with van der Waals surface area (Å²) in [4.78, 5) is 30.3. The second-order valence-electron chi connectivity index (χ2n) is 15.7. The Morgan fingerprint density at radius 1 is 0.816 bits per heavy atom. The first-order chi connectivity index (χ1) is 23.5. The number of sulfonamides is 1. The van der Waals surface area contributed by atoms with Gasteiger partial charge in [0.2, 0.25) is 21.8 Å². The van der Waals surface area contributed by atoms with E-state index in [9.17, 15) is 18.0 Å². The van der Waals surface area contributed by atoms with Crippen LogP contribution in [0.15, 0.2) is 78.9 Å². The van der Waals surface area contributed by atoms with Crippen LogP contribution in [0.1, 0.15) is 86.5 Å². The van der Waals surface area contributed by atoms with E-state index in [4.69, 9.17) is 0 Å². The monoisotopic (exact) mass is 681 g/mol. The standard InChI is InChI=1S/C41H51N3O4S/c1-29-12-14-31(15-13-29)27-43(38(23-30-8-4-3-5-9-30)40(46)42-36-10-6-7-11-36)39(45)28-44(49(2,47)48)37-18-16-35(17-19-37)41-24-32-20-33(25-41)22-34(21-32)26-41/h3-5,8-9,12-19,32-34,36,38H,6-7,10-11,20-28H2,1-2H3,(H,42,46). The van der Waals surface area contributed by atoms with Gasteiger partial charge in [0.15, 0.2) is 0 Å². The van der Waals surface area contributed by atoms with Gasteiger partial charge in [0.25, 0.3) is 0 Å². The summed E-state index contributed by atoms with van der Waals surface area (Å²) in [5.41, 5.74) is 4.91. The van der Waals surface area contributed by atoms with Gasteiger partial charge in [-0.3, -0.25) is 13.9 Å². The summed E-state index contributed by atoms with van der Waals surface area (Å²) in [7, 11) is -3.82. The quantitative estimate of drug-likeness (QED) is 0.225. The normalized spacial score (nSPS) is 25.2. The fourth-order valence-electron chi connectivity index (χ4n) is 9.87. The van der Waals surface area contributed by atoms with E-state index in [0.717, 1.165) is 66.4 Å². The Morgan fingerprint density at radius 3 is 1.98 bits per heavy atom. The maximum atomic E-state index is 14.6. The van der Waals surface area contributed by atoms with Crippen LogP contribution in [0.5, 0.6) is 0 Å². The Hall–Kier alpha value is -3.65. The van der Waals surface area contributed by atoms with Gasteiger partial charge in [-0.25, -0.2) is 8.42 Å². The fraction of sp³-hybridized carbons (Fsp3) is 0.512. The molecule has 1 N–H and O–H groups in total. The summed E-state index contributed by atoms with van der Waals surface area (Å²) in [5, 5.41) is 3.24. The topological polar surface area (TPSA) is 86.8 Å². The highest BCUT2D eigenvalue weighted by Gasteiger charge is 2.51. The highest BCUT2D eigenvalue weighted by Crippen LogP contribution is 2.60. The van der Waals surface area contributed by atoms with Crippen LogP contribution in [-0.2, 0) is 38.0 Å². The highest BCUT2D eigenvalue weighted by atomic mass is 32.2. The van der Waals surface area contributed by atoms with Crippen molar-refractivity contribution >= 4 is 27.5 Å². The Morgan fingerprint density at radius 2 is 1.41 bits per heavy atom. The molecule has 7 nitrogen and oxygen atoms in total. The molecule has 8 heteroatoms. The minimum Gasteiger partial charge on any atom is -0.352 e. The molecule has 0 saturated heterocycles. The number of carbonyl (C=O) groups excluding carboxylic acids is 2. The number of hydrogen-bond donors (Lipinski definition) is 1. The van der Waals surface area contributed by atoms with E-state index < -0.39 is 22.0 Å². The van der Waals surface area contributed by atoms with Crippen molar-refractivity contribution in [2.24, 2.45) is 17.8 Å². The predicted molar refractivity (Wildman–Crippen MR) is 195 cm³/mol. The molecule has 3 aromatic carbocycles. The van der Waals surface area contributed by atoms with Crippen molar-refractivity contribution in [2.45, 2.75) is 102 Å². The molecule has 2 amide bonds. The first-order valence-electron chi connectivity index (χ1n) is 18.3. The van der Waals surface area contributed by atoms with E-state index in [1.54, 1.807) is 4.90 Å². The van der Waals surface area contributed by atoms with Crippen LogP contribution < -0.4 is 9.62 Å². The first kappa shape index (κ1) is 33.8. The van der Waals surface area contributed by atoms with E-state index >= 15 is 0 Å². The summed E-state index contributed by atoms with van der Waals surface area (Å²) in [6.07, 6.45) is 13.3. The van der Waals surface area contributed by atoms with Crippen LogP contribution in [0.2, 0.25) is 0 Å². The van der Waals surface area contributed by atoms with Crippen molar-refractivity contribution in [3.05, 3.63) is 101 Å². The van der Waals surface area contributed by atoms with Crippen LogP contribution in [0.4, 0.5) is 5.69 Å². The maximum absolute atomic E-state index is 14.6. The highest BCUT2D eigenvalue weighted by molar-refractivity contribution is 7.92. The predicted octanol–water partition coefficient (Wildman–Crippen LogP) is 6.93.